The predicted molar refractivity (Wildman–Crippen MR) is 247 cm³/mol. The topological polar surface area (TPSA) is 204 Å². The Bertz CT molecular complexity index is 1860. The molecule has 20 heteroatoms. The van der Waals surface area contributed by atoms with Crippen LogP contribution in [0.3, 0.4) is 0 Å². The van der Waals surface area contributed by atoms with Gasteiger partial charge in [-0.2, -0.15) is 4.31 Å². The first-order valence-corrected chi connectivity index (χ1v) is 28.1. The molecule has 2 fully saturated rings. The largest absolute Gasteiger partial charge is 0.481 e. The van der Waals surface area contributed by atoms with Crippen molar-refractivity contribution in [3.8, 4) is 11.5 Å². The highest BCUT2D eigenvalue weighted by molar-refractivity contribution is 7.89. The standard InChI is InChI=1S/C45H74N2O15P2S/c1-7-11-24-58-63(50,59-25-12-8-2)33-56-37-17-15-36(16-18-37)29-41(46-45(49)62-43-32-55-44-40(43)23-28-54-44)42(48)31-47(30-35(5)6)65(52,53)39-21-19-38(20-22-39)57-34-64(51,60-26-13-9-3)61-27-14-10-4/h15-22,35,40-44,48H,7-14,23-34H2,1-6H3,(H,46,49)/t40-,41-,42+,43?,44+/m0/s1. The van der Waals surface area contributed by atoms with Crippen LogP contribution >= 0.6 is 15.2 Å². The number of benzene rings is 2. The molecule has 2 aromatic rings. The Hall–Kier alpha value is -2.60. The van der Waals surface area contributed by atoms with Crippen LogP contribution in [-0.2, 0) is 57.9 Å². The summed E-state index contributed by atoms with van der Waals surface area (Å²) in [4.78, 5) is 13.4. The third kappa shape index (κ3) is 18.4. The summed E-state index contributed by atoms with van der Waals surface area (Å²) in [6.45, 7) is 13.2. The van der Waals surface area contributed by atoms with E-state index in [0.717, 1.165) is 38.5 Å². The van der Waals surface area contributed by atoms with Crippen LogP contribution in [0.4, 0.5) is 4.79 Å². The second-order valence-electron chi connectivity index (χ2n) is 16.8. The van der Waals surface area contributed by atoms with Crippen molar-refractivity contribution in [1.82, 2.24) is 9.62 Å². The van der Waals surface area contributed by atoms with Gasteiger partial charge in [-0.15, -0.1) is 0 Å². The van der Waals surface area contributed by atoms with Gasteiger partial charge >= 0.3 is 21.3 Å². The molecule has 0 aliphatic carbocycles. The molecule has 370 valence electrons. The number of unbranched alkanes of at least 4 members (excludes halogenated alkanes) is 4. The maximum Gasteiger partial charge on any atom is 0.407 e. The molecule has 0 saturated carbocycles. The summed E-state index contributed by atoms with van der Waals surface area (Å²) in [5.74, 6) is 0.430. The van der Waals surface area contributed by atoms with Gasteiger partial charge in [0.05, 0.1) is 62.6 Å². The molecule has 17 nitrogen and oxygen atoms in total. The van der Waals surface area contributed by atoms with Crippen LogP contribution in [0.2, 0.25) is 0 Å². The molecule has 2 aromatic carbocycles. The maximum absolute atomic E-state index is 14.3. The number of aliphatic hydroxyl groups is 1. The van der Waals surface area contributed by atoms with Crippen molar-refractivity contribution in [2.45, 2.75) is 135 Å². The second kappa shape index (κ2) is 28.0. The molecule has 2 N–H and O–H groups in total. The normalized spacial score (nSPS) is 18.8. The molecule has 4 rings (SSSR count). The summed E-state index contributed by atoms with van der Waals surface area (Å²) >= 11 is 0. The summed E-state index contributed by atoms with van der Waals surface area (Å²) in [6, 6.07) is 11.5. The van der Waals surface area contributed by atoms with Crippen molar-refractivity contribution in [3.63, 3.8) is 0 Å². The van der Waals surface area contributed by atoms with Crippen molar-refractivity contribution in [2.24, 2.45) is 11.8 Å². The Labute approximate surface area is 386 Å². The number of amides is 1. The van der Waals surface area contributed by atoms with Crippen molar-refractivity contribution in [1.29, 1.82) is 0 Å². The molecule has 2 heterocycles. The van der Waals surface area contributed by atoms with E-state index in [1.165, 1.54) is 28.6 Å². The summed E-state index contributed by atoms with van der Waals surface area (Å²) in [5, 5.41) is 14.7. The number of rotatable bonds is 33. The number of carbonyl (C=O) groups is 1. The van der Waals surface area contributed by atoms with E-state index in [2.05, 4.69) is 5.32 Å². The van der Waals surface area contributed by atoms with Crippen molar-refractivity contribution < 1.29 is 69.2 Å². The lowest BCUT2D eigenvalue weighted by molar-refractivity contribution is -0.0907. The van der Waals surface area contributed by atoms with Gasteiger partial charge in [0.25, 0.3) is 0 Å². The van der Waals surface area contributed by atoms with Gasteiger partial charge in [-0.3, -0.25) is 9.13 Å². The highest BCUT2D eigenvalue weighted by Crippen LogP contribution is 2.49. The first-order chi connectivity index (χ1) is 31.1. The van der Waals surface area contributed by atoms with Gasteiger partial charge in [-0.1, -0.05) is 79.4 Å². The number of hydrogen-bond donors (Lipinski definition) is 2. The molecule has 0 radical (unpaired) electrons. The van der Waals surface area contributed by atoms with Crippen LogP contribution in [0.25, 0.3) is 0 Å². The van der Waals surface area contributed by atoms with E-state index in [0.29, 0.717) is 37.2 Å². The fourth-order valence-corrected chi connectivity index (χ4v) is 11.2. The molecular weight excluding hydrogens is 903 g/mol. The number of ether oxygens (including phenoxy) is 5. The fraction of sp³-hybridized carbons (Fsp3) is 0.711. The lowest BCUT2D eigenvalue weighted by atomic mass is 10.0. The minimum absolute atomic E-state index is 0.0515. The van der Waals surface area contributed by atoms with Crippen LogP contribution in [0.5, 0.6) is 11.5 Å². The van der Waals surface area contributed by atoms with Crippen LogP contribution in [0.15, 0.2) is 53.4 Å². The molecule has 0 bridgehead atoms. The van der Waals surface area contributed by atoms with Gasteiger partial charge in [0.1, 0.15) is 17.6 Å². The molecule has 2 aliphatic rings. The zero-order chi connectivity index (χ0) is 47.3. The third-order valence-corrected chi connectivity index (χ3v) is 15.8. The molecule has 0 aromatic heterocycles. The molecule has 1 amide bonds. The molecule has 5 atom stereocenters. The molecule has 65 heavy (non-hydrogen) atoms. The summed E-state index contributed by atoms with van der Waals surface area (Å²) < 4.78 is 108. The van der Waals surface area contributed by atoms with E-state index < -0.39 is 55.8 Å². The average molecular weight is 977 g/mol. The molecule has 1 unspecified atom stereocenters. The lowest BCUT2D eigenvalue weighted by Gasteiger charge is -2.31. The third-order valence-electron chi connectivity index (χ3n) is 10.7. The monoisotopic (exact) mass is 976 g/mol. The number of fused-ring (bicyclic) bond motifs is 1. The molecule has 2 aliphatic heterocycles. The molecule has 0 spiro atoms. The van der Waals surface area contributed by atoms with E-state index >= 15 is 0 Å². The van der Waals surface area contributed by atoms with Gasteiger partial charge in [-0.05, 0) is 86.4 Å². The van der Waals surface area contributed by atoms with Crippen molar-refractivity contribution in [2.75, 3.05) is 65.4 Å². The number of alkyl carbamates (subject to hydrolysis) is 1. The zero-order valence-corrected chi connectivity index (χ0v) is 41.7. The van der Waals surface area contributed by atoms with Gasteiger partial charge < -0.3 is 52.2 Å². The van der Waals surface area contributed by atoms with E-state index in [9.17, 15) is 27.4 Å². The fourth-order valence-electron chi connectivity index (χ4n) is 6.92. The van der Waals surface area contributed by atoms with Crippen LogP contribution < -0.4 is 14.8 Å². The number of hydrogen-bond acceptors (Lipinski definition) is 15. The highest BCUT2D eigenvalue weighted by atomic mass is 32.2. The number of sulfonamides is 1. The Kier molecular flexibility index (Phi) is 23.7. The highest BCUT2D eigenvalue weighted by Gasteiger charge is 2.44. The smallest absolute Gasteiger partial charge is 0.407 e. The summed E-state index contributed by atoms with van der Waals surface area (Å²) in [5.41, 5.74) is 0.682. The van der Waals surface area contributed by atoms with E-state index in [4.69, 9.17) is 41.8 Å². The van der Waals surface area contributed by atoms with Crippen LogP contribution in [0.1, 0.15) is 105 Å². The Balaban J connectivity index is 1.50. The maximum atomic E-state index is 14.3. The van der Waals surface area contributed by atoms with E-state index in [1.54, 1.807) is 24.3 Å². The number of nitrogens with zero attached hydrogens (tertiary/aromatic N) is 1. The average Bonchev–Trinajstić information content (AvgIpc) is 3.91. The number of nitrogens with one attached hydrogen (secondary N) is 1. The summed E-state index contributed by atoms with van der Waals surface area (Å²) in [7, 11) is -11.3. The predicted octanol–water partition coefficient (Wildman–Crippen LogP) is 9.12. The first kappa shape index (κ1) is 55.0. The lowest BCUT2D eigenvalue weighted by Crippen LogP contribution is -2.51. The molecule has 2 saturated heterocycles. The van der Waals surface area contributed by atoms with Crippen molar-refractivity contribution >= 4 is 31.3 Å². The van der Waals surface area contributed by atoms with Gasteiger partial charge in [-0.25, -0.2) is 13.2 Å². The Morgan fingerprint density at radius 2 is 1.26 bits per heavy atom. The van der Waals surface area contributed by atoms with Crippen LogP contribution in [-0.4, -0.2) is 114 Å². The van der Waals surface area contributed by atoms with Gasteiger partial charge in [0, 0.05) is 13.1 Å². The minimum atomic E-state index is -4.20. The second-order valence-corrected chi connectivity index (χ2v) is 22.8. The summed E-state index contributed by atoms with van der Waals surface area (Å²) in [6.07, 6.45) is 3.30. The van der Waals surface area contributed by atoms with E-state index in [-0.39, 0.29) is 87.7 Å². The van der Waals surface area contributed by atoms with Crippen molar-refractivity contribution in [3.05, 3.63) is 54.1 Å². The number of aliphatic hydroxyl groups excluding tert-OH is 1. The Morgan fingerprint density at radius 1 is 0.769 bits per heavy atom. The minimum Gasteiger partial charge on any atom is -0.481 e. The number of carbonyl (C=O) groups excluding carboxylic acids is 1. The van der Waals surface area contributed by atoms with E-state index in [1.807, 2.05) is 41.5 Å². The first-order valence-electron chi connectivity index (χ1n) is 23.2. The van der Waals surface area contributed by atoms with Gasteiger partial charge in [0.2, 0.25) is 10.0 Å². The SMILES string of the molecule is CCCCOP(=O)(COc1ccc(C[C@H](NC(=O)OC2CO[C@H]3OCC[C@@H]23)[C@H](O)CN(CC(C)C)S(=O)(=O)c2ccc(OCP(=O)(OCCCC)OCCCC)cc2)cc1)OCCCC. The molecular formula is C45H74N2O15P2S. The van der Waals surface area contributed by atoms with Gasteiger partial charge in [0.15, 0.2) is 19.0 Å². The zero-order valence-electron chi connectivity index (χ0n) is 39.1. The quantitative estimate of drug-likeness (QED) is 0.0506. The Morgan fingerprint density at radius 3 is 1.74 bits per heavy atom. The van der Waals surface area contributed by atoms with Crippen LogP contribution in [0, 0.1) is 11.8 Å².